The van der Waals surface area contributed by atoms with Crippen LogP contribution in [0, 0.1) is 6.92 Å². The highest BCUT2D eigenvalue weighted by atomic mass is 16.3. The van der Waals surface area contributed by atoms with Gasteiger partial charge in [0.25, 0.3) is 0 Å². The summed E-state index contributed by atoms with van der Waals surface area (Å²) in [6.45, 7) is 2.35. The van der Waals surface area contributed by atoms with Crippen molar-refractivity contribution < 1.29 is 5.11 Å². The van der Waals surface area contributed by atoms with Crippen LogP contribution >= 0.6 is 0 Å². The van der Waals surface area contributed by atoms with Gasteiger partial charge in [0.15, 0.2) is 0 Å². The number of nitrogens with zero attached hydrogens (tertiary/aromatic N) is 3. The molecule has 5 heteroatoms. The molecule has 3 rings (SSSR count). The van der Waals surface area contributed by atoms with E-state index in [0.29, 0.717) is 6.54 Å². The van der Waals surface area contributed by atoms with Crippen molar-refractivity contribution in [2.24, 2.45) is 0 Å². The third-order valence-electron chi connectivity index (χ3n) is 3.85. The Labute approximate surface area is 124 Å². The Balaban J connectivity index is 1.75. The van der Waals surface area contributed by atoms with Crippen molar-refractivity contribution in [3.63, 3.8) is 0 Å². The SMILES string of the molecule is Cc1nc2c(c(NCC(O)c3ccncc3)n1)CCCC2. The molecular weight excluding hydrogens is 264 g/mol. The third-order valence-corrected chi connectivity index (χ3v) is 3.85. The van der Waals surface area contributed by atoms with Crippen molar-refractivity contribution in [1.29, 1.82) is 0 Å². The van der Waals surface area contributed by atoms with Gasteiger partial charge >= 0.3 is 0 Å². The van der Waals surface area contributed by atoms with Crippen LogP contribution in [0.2, 0.25) is 0 Å². The number of aryl methyl sites for hydroxylation is 2. The summed E-state index contributed by atoms with van der Waals surface area (Å²) in [7, 11) is 0. The van der Waals surface area contributed by atoms with Crippen LogP contribution in [0.25, 0.3) is 0 Å². The predicted octanol–water partition coefficient (Wildman–Crippen LogP) is 2.20. The second kappa shape index (κ2) is 6.18. The average molecular weight is 284 g/mol. The molecule has 0 fully saturated rings. The fraction of sp³-hybridized carbons (Fsp3) is 0.438. The molecule has 0 aromatic carbocycles. The van der Waals surface area contributed by atoms with E-state index in [2.05, 4.69) is 20.3 Å². The van der Waals surface area contributed by atoms with Crippen LogP contribution in [0.4, 0.5) is 5.82 Å². The molecule has 1 unspecified atom stereocenters. The maximum Gasteiger partial charge on any atom is 0.133 e. The number of hydrogen-bond donors (Lipinski definition) is 2. The van der Waals surface area contributed by atoms with E-state index >= 15 is 0 Å². The van der Waals surface area contributed by atoms with Gasteiger partial charge in [-0.25, -0.2) is 9.97 Å². The van der Waals surface area contributed by atoms with E-state index < -0.39 is 6.10 Å². The van der Waals surface area contributed by atoms with E-state index in [9.17, 15) is 5.11 Å². The van der Waals surface area contributed by atoms with E-state index in [-0.39, 0.29) is 0 Å². The quantitative estimate of drug-likeness (QED) is 0.900. The Morgan fingerprint density at radius 2 is 1.95 bits per heavy atom. The monoisotopic (exact) mass is 284 g/mol. The minimum Gasteiger partial charge on any atom is -0.387 e. The van der Waals surface area contributed by atoms with Crippen LogP contribution < -0.4 is 5.32 Å². The number of aliphatic hydroxyl groups excluding tert-OH is 1. The van der Waals surface area contributed by atoms with E-state index in [0.717, 1.165) is 35.7 Å². The molecule has 5 nitrogen and oxygen atoms in total. The highest BCUT2D eigenvalue weighted by Gasteiger charge is 2.17. The fourth-order valence-corrected chi connectivity index (χ4v) is 2.76. The number of rotatable bonds is 4. The van der Waals surface area contributed by atoms with Crippen LogP contribution in [0.15, 0.2) is 24.5 Å². The van der Waals surface area contributed by atoms with Gasteiger partial charge in [0.2, 0.25) is 0 Å². The summed E-state index contributed by atoms with van der Waals surface area (Å²) >= 11 is 0. The summed E-state index contributed by atoms with van der Waals surface area (Å²) in [6.07, 6.45) is 7.24. The van der Waals surface area contributed by atoms with Gasteiger partial charge in [0, 0.05) is 30.2 Å². The van der Waals surface area contributed by atoms with Crippen LogP contribution in [0.5, 0.6) is 0 Å². The van der Waals surface area contributed by atoms with Gasteiger partial charge in [0.1, 0.15) is 11.6 Å². The highest BCUT2D eigenvalue weighted by molar-refractivity contribution is 5.48. The zero-order valence-electron chi connectivity index (χ0n) is 12.2. The zero-order chi connectivity index (χ0) is 14.7. The first-order valence-electron chi connectivity index (χ1n) is 7.42. The van der Waals surface area contributed by atoms with Crippen molar-refractivity contribution >= 4 is 5.82 Å². The molecule has 2 N–H and O–H groups in total. The van der Waals surface area contributed by atoms with Gasteiger partial charge in [-0.05, 0) is 50.3 Å². The lowest BCUT2D eigenvalue weighted by Gasteiger charge is -2.20. The van der Waals surface area contributed by atoms with Gasteiger partial charge in [0.05, 0.1) is 6.10 Å². The lowest BCUT2D eigenvalue weighted by molar-refractivity contribution is 0.191. The first kappa shape index (κ1) is 13.9. The molecule has 0 amide bonds. The number of fused-ring (bicyclic) bond motifs is 1. The molecule has 0 aliphatic heterocycles. The Morgan fingerprint density at radius 1 is 1.19 bits per heavy atom. The molecule has 1 aliphatic carbocycles. The molecule has 21 heavy (non-hydrogen) atoms. The first-order chi connectivity index (χ1) is 10.2. The third kappa shape index (κ3) is 3.19. The Kier molecular flexibility index (Phi) is 4.10. The standard InChI is InChI=1S/C16H20N4O/c1-11-19-14-5-3-2-4-13(14)16(20-11)18-10-15(21)12-6-8-17-9-7-12/h6-9,15,21H,2-5,10H2,1H3,(H,18,19,20). The molecule has 0 bridgehead atoms. The first-order valence-corrected chi connectivity index (χ1v) is 7.42. The lowest BCUT2D eigenvalue weighted by atomic mass is 9.96. The summed E-state index contributed by atoms with van der Waals surface area (Å²) in [5, 5.41) is 13.5. The maximum atomic E-state index is 10.2. The highest BCUT2D eigenvalue weighted by Crippen LogP contribution is 2.25. The van der Waals surface area contributed by atoms with Crippen molar-refractivity contribution in [3.05, 3.63) is 47.2 Å². The molecule has 1 atom stereocenters. The van der Waals surface area contributed by atoms with Crippen molar-refractivity contribution in [2.75, 3.05) is 11.9 Å². The van der Waals surface area contributed by atoms with Crippen molar-refractivity contribution in [3.8, 4) is 0 Å². The number of pyridine rings is 1. The second-order valence-electron chi connectivity index (χ2n) is 5.43. The summed E-state index contributed by atoms with van der Waals surface area (Å²) in [4.78, 5) is 13.0. The molecule has 110 valence electrons. The average Bonchev–Trinajstić information content (AvgIpc) is 2.53. The molecule has 0 radical (unpaired) electrons. The summed E-state index contributed by atoms with van der Waals surface area (Å²) in [5.74, 6) is 1.67. The molecule has 2 heterocycles. The number of nitrogens with one attached hydrogen (secondary N) is 1. The number of hydrogen-bond acceptors (Lipinski definition) is 5. The van der Waals surface area contributed by atoms with E-state index in [1.165, 1.54) is 18.4 Å². The van der Waals surface area contributed by atoms with E-state index in [4.69, 9.17) is 0 Å². The lowest BCUT2D eigenvalue weighted by Crippen LogP contribution is -2.18. The largest absolute Gasteiger partial charge is 0.387 e. The topological polar surface area (TPSA) is 70.9 Å². The van der Waals surface area contributed by atoms with Gasteiger partial charge in [-0.1, -0.05) is 0 Å². The van der Waals surface area contributed by atoms with Crippen LogP contribution in [-0.4, -0.2) is 26.6 Å². The maximum absolute atomic E-state index is 10.2. The fourth-order valence-electron chi connectivity index (χ4n) is 2.76. The van der Waals surface area contributed by atoms with Crippen LogP contribution in [0.1, 0.15) is 41.6 Å². The number of aliphatic hydroxyl groups is 1. The summed E-state index contributed by atoms with van der Waals surface area (Å²) in [6, 6.07) is 3.65. The molecular formula is C16H20N4O. The van der Waals surface area contributed by atoms with E-state index in [1.54, 1.807) is 12.4 Å². The van der Waals surface area contributed by atoms with Gasteiger partial charge < -0.3 is 10.4 Å². The molecule has 2 aromatic heterocycles. The summed E-state index contributed by atoms with van der Waals surface area (Å²) < 4.78 is 0. The smallest absolute Gasteiger partial charge is 0.133 e. The minimum absolute atomic E-state index is 0.437. The zero-order valence-corrected chi connectivity index (χ0v) is 12.2. The van der Waals surface area contributed by atoms with Gasteiger partial charge in [-0.15, -0.1) is 0 Å². The van der Waals surface area contributed by atoms with Gasteiger partial charge in [-0.2, -0.15) is 0 Å². The summed E-state index contributed by atoms with van der Waals surface area (Å²) in [5.41, 5.74) is 3.24. The molecule has 2 aromatic rings. The second-order valence-corrected chi connectivity index (χ2v) is 5.43. The number of aromatic nitrogens is 3. The molecule has 1 aliphatic rings. The Hall–Kier alpha value is -2.01. The van der Waals surface area contributed by atoms with Crippen LogP contribution in [0.3, 0.4) is 0 Å². The number of anilines is 1. The Morgan fingerprint density at radius 3 is 2.76 bits per heavy atom. The van der Waals surface area contributed by atoms with E-state index in [1.807, 2.05) is 19.1 Å². The molecule has 0 spiro atoms. The Bertz CT molecular complexity index is 615. The van der Waals surface area contributed by atoms with Gasteiger partial charge in [-0.3, -0.25) is 4.98 Å². The normalized spacial score (nSPS) is 15.3. The molecule has 0 saturated carbocycles. The van der Waals surface area contributed by atoms with Crippen molar-refractivity contribution in [1.82, 2.24) is 15.0 Å². The van der Waals surface area contributed by atoms with Crippen molar-refractivity contribution in [2.45, 2.75) is 38.7 Å². The molecule has 0 saturated heterocycles. The van der Waals surface area contributed by atoms with Crippen LogP contribution in [-0.2, 0) is 12.8 Å². The predicted molar refractivity (Wildman–Crippen MR) is 81.1 cm³/mol. The minimum atomic E-state index is -0.567.